The van der Waals surface area contributed by atoms with Crippen molar-refractivity contribution in [2.45, 2.75) is 17.5 Å². The van der Waals surface area contributed by atoms with E-state index in [1.807, 2.05) is 6.34 Å². The molecule has 4 heteroatoms. The lowest BCUT2D eigenvalue weighted by Crippen LogP contribution is -2.28. The average molecular weight is 957 g/mol. The zero-order valence-corrected chi connectivity index (χ0v) is 41.1. The molecule has 2 heterocycles. The smallest absolute Gasteiger partial charge is 0.158 e. The zero-order chi connectivity index (χ0) is 49.5. The topological polar surface area (TPSA) is 34.6 Å². The Morgan fingerprint density at radius 1 is 0.333 bits per heavy atom. The van der Waals surface area contributed by atoms with Crippen molar-refractivity contribution in [1.29, 1.82) is 0 Å². The van der Waals surface area contributed by atoms with Crippen LogP contribution >= 0.6 is 0 Å². The van der Waals surface area contributed by atoms with Gasteiger partial charge in [-0.05, 0) is 103 Å². The predicted molar refractivity (Wildman–Crippen MR) is 310 cm³/mol. The Balaban J connectivity index is 0.927. The van der Waals surface area contributed by atoms with Gasteiger partial charge in [0.15, 0.2) is 5.84 Å². The van der Waals surface area contributed by atoms with E-state index < -0.39 is 10.8 Å². The molecule has 75 heavy (non-hydrogen) atoms. The molecule has 0 amide bonds. The maximum Gasteiger partial charge on any atom is 0.158 e. The van der Waals surface area contributed by atoms with Crippen LogP contribution in [0, 0.1) is 0 Å². The SMILES string of the molecule is C(=N/C(=N\Cn1c2ccccc2c2cc3c(cc21)C(c1ccccc1)(c1ccccc1)c1ccccc1-3)c1ccccc1)n1c2ccccc2c2cc3c(cc21)C(c1ccccc1)(c1ccccc1)c1ccccc1-3. The van der Waals surface area contributed by atoms with Crippen LogP contribution in [0.2, 0.25) is 0 Å². The first-order valence-corrected chi connectivity index (χ1v) is 25.9. The van der Waals surface area contributed by atoms with Gasteiger partial charge in [-0.3, -0.25) is 4.57 Å². The van der Waals surface area contributed by atoms with Crippen molar-refractivity contribution in [1.82, 2.24) is 9.13 Å². The van der Waals surface area contributed by atoms with Crippen molar-refractivity contribution < 1.29 is 0 Å². The van der Waals surface area contributed by atoms with Gasteiger partial charge in [0, 0.05) is 27.1 Å². The minimum Gasteiger partial charge on any atom is -0.320 e. The monoisotopic (exact) mass is 956 g/mol. The Morgan fingerprint density at radius 2 is 0.733 bits per heavy atom. The zero-order valence-electron chi connectivity index (χ0n) is 41.1. The summed E-state index contributed by atoms with van der Waals surface area (Å²) >= 11 is 0. The van der Waals surface area contributed by atoms with Gasteiger partial charge in [-0.15, -0.1) is 0 Å². The van der Waals surface area contributed by atoms with Gasteiger partial charge in [-0.2, -0.15) is 0 Å². The Morgan fingerprint density at radius 3 is 1.25 bits per heavy atom. The fourth-order valence-corrected chi connectivity index (χ4v) is 13.2. The van der Waals surface area contributed by atoms with E-state index in [0.717, 1.165) is 27.6 Å². The summed E-state index contributed by atoms with van der Waals surface area (Å²) in [6.07, 6.45) is 2.00. The highest BCUT2D eigenvalue weighted by Gasteiger charge is 2.48. The average Bonchev–Trinajstić information content (AvgIpc) is 4.18. The fraction of sp³-hybridized carbons (Fsp3) is 0.0423. The molecule has 0 atom stereocenters. The highest BCUT2D eigenvalue weighted by atomic mass is 15.1. The molecule has 15 rings (SSSR count). The number of para-hydroxylation sites is 2. The predicted octanol–water partition coefficient (Wildman–Crippen LogP) is 16.6. The van der Waals surface area contributed by atoms with Gasteiger partial charge in [-0.25, -0.2) is 9.98 Å². The molecule has 13 aromatic rings. The number of hydrogen-bond donors (Lipinski definition) is 0. The molecule has 4 nitrogen and oxygen atoms in total. The van der Waals surface area contributed by atoms with Gasteiger partial charge >= 0.3 is 0 Å². The van der Waals surface area contributed by atoms with E-state index in [2.05, 4.69) is 282 Å². The maximum absolute atomic E-state index is 5.54. The summed E-state index contributed by atoms with van der Waals surface area (Å²) < 4.78 is 4.67. The minimum absolute atomic E-state index is 0.358. The number of amidine groups is 1. The molecule has 0 spiro atoms. The quantitative estimate of drug-likeness (QED) is 0.107. The Kier molecular flexibility index (Phi) is 9.73. The van der Waals surface area contributed by atoms with Crippen molar-refractivity contribution in [2.24, 2.45) is 9.98 Å². The third kappa shape index (κ3) is 6.23. The molecule has 0 radical (unpaired) electrons. The second-order valence-electron chi connectivity index (χ2n) is 20.0. The number of rotatable bonds is 8. The van der Waals surface area contributed by atoms with Crippen LogP contribution in [-0.4, -0.2) is 21.3 Å². The summed E-state index contributed by atoms with van der Waals surface area (Å²) in [6, 6.07) is 99.8. The normalized spacial score (nSPS) is 14.2. The summed E-state index contributed by atoms with van der Waals surface area (Å²) in [5.41, 5.74) is 19.4. The van der Waals surface area contributed by atoms with Gasteiger partial charge in [0.2, 0.25) is 0 Å². The highest BCUT2D eigenvalue weighted by molar-refractivity contribution is 6.15. The second-order valence-corrected chi connectivity index (χ2v) is 20.0. The standard InChI is InChI=1S/C71H48N4/c1-6-24-48(25-7-1)69(72-46-74-65-40-22-18-36-55(65)59-42-57-53-34-16-20-38-61(53)70(63(57)44-67(59)74,49-26-8-2-9-27-49)50-28-10-3-11-29-50)73-47-75-66-41-23-19-37-56(66)60-43-58-54-35-17-21-39-62(54)71(64(58)45-68(60)75,51-30-12-4-13-31-51)52-32-14-5-15-33-52/h1-46H,47H2/b72-46?,73-69-. The van der Waals surface area contributed by atoms with Gasteiger partial charge in [0.25, 0.3) is 0 Å². The van der Waals surface area contributed by atoms with Crippen molar-refractivity contribution in [3.63, 3.8) is 0 Å². The first-order chi connectivity index (χ1) is 37.2. The van der Waals surface area contributed by atoms with Crippen LogP contribution in [0.3, 0.4) is 0 Å². The second kappa shape index (κ2) is 17.0. The number of hydrogen-bond acceptors (Lipinski definition) is 1. The van der Waals surface area contributed by atoms with Crippen molar-refractivity contribution in [3.8, 4) is 22.3 Å². The van der Waals surface area contributed by atoms with Crippen LogP contribution in [-0.2, 0) is 17.5 Å². The van der Waals surface area contributed by atoms with Crippen LogP contribution in [0.25, 0.3) is 65.9 Å². The Bertz CT molecular complexity index is 4340. The minimum atomic E-state index is -0.537. The molecular weight excluding hydrogens is 909 g/mol. The van der Waals surface area contributed by atoms with Crippen LogP contribution in [0.5, 0.6) is 0 Å². The van der Waals surface area contributed by atoms with E-state index in [9.17, 15) is 0 Å². The molecule has 2 aromatic heterocycles. The lowest BCUT2D eigenvalue weighted by molar-refractivity contribution is 0.763. The van der Waals surface area contributed by atoms with E-state index in [1.165, 1.54) is 88.3 Å². The molecule has 0 aliphatic heterocycles. The van der Waals surface area contributed by atoms with E-state index in [-0.39, 0.29) is 0 Å². The fourth-order valence-electron chi connectivity index (χ4n) is 13.2. The van der Waals surface area contributed by atoms with Crippen molar-refractivity contribution >= 4 is 55.8 Å². The van der Waals surface area contributed by atoms with E-state index in [4.69, 9.17) is 9.98 Å². The van der Waals surface area contributed by atoms with Crippen molar-refractivity contribution in [2.75, 3.05) is 0 Å². The number of fused-ring (bicyclic) bond motifs is 12. The van der Waals surface area contributed by atoms with E-state index in [0.29, 0.717) is 12.5 Å². The summed E-state index contributed by atoms with van der Waals surface area (Å²) in [5.74, 6) is 0.653. The molecular formula is C71H48N4. The lowest BCUT2D eigenvalue weighted by Gasteiger charge is -2.34. The summed E-state index contributed by atoms with van der Waals surface area (Å²) in [7, 11) is 0. The molecule has 0 saturated heterocycles. The number of aromatic nitrogens is 2. The molecule has 0 saturated carbocycles. The number of benzene rings is 11. The van der Waals surface area contributed by atoms with Gasteiger partial charge in [-0.1, -0.05) is 237 Å². The first kappa shape index (κ1) is 43.0. The molecule has 0 bridgehead atoms. The first-order valence-electron chi connectivity index (χ1n) is 25.9. The molecule has 2 aliphatic carbocycles. The van der Waals surface area contributed by atoms with Crippen LogP contribution in [0.15, 0.2) is 283 Å². The lowest BCUT2D eigenvalue weighted by atomic mass is 9.67. The summed E-state index contributed by atoms with van der Waals surface area (Å²) in [6.45, 7) is 0.358. The van der Waals surface area contributed by atoms with Crippen LogP contribution < -0.4 is 0 Å². The maximum atomic E-state index is 5.54. The largest absolute Gasteiger partial charge is 0.320 e. The molecule has 0 N–H and O–H groups in total. The third-order valence-electron chi connectivity index (χ3n) is 16.3. The molecule has 0 fully saturated rings. The van der Waals surface area contributed by atoms with Gasteiger partial charge < -0.3 is 4.57 Å². The number of aliphatic imine (C=N–C) groups is 2. The van der Waals surface area contributed by atoms with Crippen LogP contribution in [0.1, 0.15) is 50.1 Å². The number of nitrogens with zero attached hydrogens (tertiary/aromatic N) is 4. The van der Waals surface area contributed by atoms with Crippen LogP contribution in [0.4, 0.5) is 0 Å². The Labute approximate surface area is 435 Å². The van der Waals surface area contributed by atoms with Gasteiger partial charge in [0.1, 0.15) is 13.0 Å². The Hall–Kier alpha value is -9.64. The summed E-state index contributed by atoms with van der Waals surface area (Å²) in [5, 5.41) is 4.77. The molecule has 11 aromatic carbocycles. The summed E-state index contributed by atoms with van der Waals surface area (Å²) in [4.78, 5) is 11.0. The molecule has 352 valence electrons. The van der Waals surface area contributed by atoms with E-state index >= 15 is 0 Å². The molecule has 2 aliphatic rings. The third-order valence-corrected chi connectivity index (χ3v) is 16.3. The molecule has 0 unspecified atom stereocenters. The van der Waals surface area contributed by atoms with E-state index in [1.54, 1.807) is 0 Å². The highest BCUT2D eigenvalue weighted by Crippen LogP contribution is 2.59. The van der Waals surface area contributed by atoms with Gasteiger partial charge in [0.05, 0.1) is 32.9 Å². The van der Waals surface area contributed by atoms with Crippen molar-refractivity contribution in [3.05, 3.63) is 323 Å².